The number of rotatable bonds is 5. The molecular weight excluding hydrogens is 301 g/mol. The summed E-state index contributed by atoms with van der Waals surface area (Å²) in [5.74, 6) is -0.255. The van der Waals surface area contributed by atoms with E-state index in [2.05, 4.69) is 15.3 Å². The molecule has 116 valence electrons. The van der Waals surface area contributed by atoms with Crippen molar-refractivity contribution in [1.82, 2.24) is 14.5 Å². The molecule has 0 saturated carbocycles. The molecule has 1 N–H and O–H groups in total. The third-order valence-electron chi connectivity index (χ3n) is 3.24. The molecule has 0 aliphatic rings. The van der Waals surface area contributed by atoms with Gasteiger partial charge in [-0.2, -0.15) is 0 Å². The summed E-state index contributed by atoms with van der Waals surface area (Å²) in [7, 11) is 0. The Balaban J connectivity index is 1.77. The quantitative estimate of drug-likeness (QED) is 0.578. The zero-order chi connectivity index (χ0) is 16.2. The predicted octanol–water partition coefficient (Wildman–Crippen LogP) is 2.93. The van der Waals surface area contributed by atoms with E-state index in [9.17, 15) is 14.5 Å². The van der Waals surface area contributed by atoms with Crippen LogP contribution in [0.3, 0.4) is 0 Å². The molecule has 7 nitrogen and oxygen atoms in total. The largest absolute Gasteiger partial charge is 0.360 e. The molecule has 0 bridgehead atoms. The summed E-state index contributed by atoms with van der Waals surface area (Å²) in [5, 5.41) is 13.8. The van der Waals surface area contributed by atoms with Crippen molar-refractivity contribution in [2.24, 2.45) is 0 Å². The number of pyridine rings is 1. The molecule has 2 aromatic heterocycles. The lowest BCUT2D eigenvalue weighted by atomic mass is 10.2. The molecule has 23 heavy (non-hydrogen) atoms. The molecule has 0 radical (unpaired) electrons. The van der Waals surface area contributed by atoms with Crippen molar-refractivity contribution in [1.29, 1.82) is 0 Å². The van der Waals surface area contributed by atoms with Crippen molar-refractivity contribution in [3.8, 4) is 5.69 Å². The number of anilines is 1. The Morgan fingerprint density at radius 3 is 2.87 bits per heavy atom. The monoisotopic (exact) mass is 313 g/mol. The number of aromatic nitrogens is 3. The van der Waals surface area contributed by atoms with Gasteiger partial charge in [0.25, 0.3) is 0 Å². The fourth-order valence-corrected chi connectivity index (χ4v) is 2.14. The topological polar surface area (TPSA) is 85.9 Å². The summed E-state index contributed by atoms with van der Waals surface area (Å²) < 4.78 is 15.7. The minimum atomic E-state index is -0.516. The number of nitro groups is 1. The van der Waals surface area contributed by atoms with Crippen molar-refractivity contribution in [2.45, 2.75) is 6.54 Å². The molecule has 2 heterocycles. The molecule has 0 aliphatic carbocycles. The molecule has 0 fully saturated rings. The highest BCUT2D eigenvalue weighted by atomic mass is 19.1. The van der Waals surface area contributed by atoms with E-state index >= 15 is 0 Å². The zero-order valence-corrected chi connectivity index (χ0v) is 11.9. The predicted molar refractivity (Wildman–Crippen MR) is 81.7 cm³/mol. The molecule has 1 aromatic carbocycles. The van der Waals surface area contributed by atoms with E-state index < -0.39 is 10.7 Å². The van der Waals surface area contributed by atoms with Gasteiger partial charge in [-0.3, -0.25) is 10.1 Å². The highest BCUT2D eigenvalue weighted by molar-refractivity contribution is 5.55. The van der Waals surface area contributed by atoms with Gasteiger partial charge in [0, 0.05) is 31.2 Å². The Hall–Kier alpha value is -3.29. The number of hydrogen-bond acceptors (Lipinski definition) is 5. The van der Waals surface area contributed by atoms with Gasteiger partial charge in [-0.1, -0.05) is 6.07 Å². The molecule has 0 atom stereocenters. The lowest BCUT2D eigenvalue weighted by molar-refractivity contribution is -0.384. The summed E-state index contributed by atoms with van der Waals surface area (Å²) in [5.41, 5.74) is 0.907. The van der Waals surface area contributed by atoms with Gasteiger partial charge < -0.3 is 9.88 Å². The van der Waals surface area contributed by atoms with Crippen LogP contribution in [0, 0.1) is 15.9 Å². The van der Waals surface area contributed by atoms with Crippen LogP contribution in [0.5, 0.6) is 0 Å². The van der Waals surface area contributed by atoms with E-state index in [1.54, 1.807) is 29.1 Å². The molecule has 0 spiro atoms. The minimum absolute atomic E-state index is 0.122. The summed E-state index contributed by atoms with van der Waals surface area (Å²) in [4.78, 5) is 18.2. The van der Waals surface area contributed by atoms with Crippen molar-refractivity contribution in [2.75, 3.05) is 5.32 Å². The first-order valence-corrected chi connectivity index (χ1v) is 6.75. The lowest BCUT2D eigenvalue weighted by Crippen LogP contribution is -2.05. The van der Waals surface area contributed by atoms with E-state index in [-0.39, 0.29) is 18.1 Å². The average Bonchev–Trinajstić information content (AvgIpc) is 3.07. The van der Waals surface area contributed by atoms with Crippen LogP contribution in [0.15, 0.2) is 55.2 Å². The number of hydrogen-bond donors (Lipinski definition) is 1. The molecule has 0 unspecified atom stereocenters. The first-order valence-electron chi connectivity index (χ1n) is 6.75. The van der Waals surface area contributed by atoms with Crippen molar-refractivity contribution < 1.29 is 9.31 Å². The number of imidazole rings is 1. The minimum Gasteiger partial charge on any atom is -0.360 e. The van der Waals surface area contributed by atoms with E-state index in [4.69, 9.17) is 0 Å². The molecule has 0 saturated heterocycles. The Morgan fingerprint density at radius 2 is 2.17 bits per heavy atom. The summed E-state index contributed by atoms with van der Waals surface area (Å²) >= 11 is 0. The average molecular weight is 313 g/mol. The normalized spacial score (nSPS) is 10.5. The van der Waals surface area contributed by atoms with Gasteiger partial charge in [-0.15, -0.1) is 0 Å². The van der Waals surface area contributed by atoms with Gasteiger partial charge >= 0.3 is 5.69 Å². The van der Waals surface area contributed by atoms with Crippen LogP contribution < -0.4 is 5.32 Å². The summed E-state index contributed by atoms with van der Waals surface area (Å²) in [6.45, 7) is 0.221. The third kappa shape index (κ3) is 3.15. The van der Waals surface area contributed by atoms with Crippen molar-refractivity contribution >= 4 is 11.5 Å². The molecule has 3 aromatic rings. The van der Waals surface area contributed by atoms with Crippen LogP contribution >= 0.6 is 0 Å². The highest BCUT2D eigenvalue weighted by Gasteiger charge is 2.13. The maximum Gasteiger partial charge on any atom is 0.311 e. The maximum atomic E-state index is 14.1. The van der Waals surface area contributed by atoms with Crippen molar-refractivity contribution in [3.05, 3.63) is 76.7 Å². The SMILES string of the molecule is O=[N+]([O-])c1cccnc1NCc1ccc(-n2ccnc2)c(F)c1. The van der Waals surface area contributed by atoms with Crippen molar-refractivity contribution in [3.63, 3.8) is 0 Å². The van der Waals surface area contributed by atoms with Gasteiger partial charge in [-0.25, -0.2) is 14.4 Å². The number of benzene rings is 1. The third-order valence-corrected chi connectivity index (χ3v) is 3.24. The smallest absolute Gasteiger partial charge is 0.311 e. The number of nitrogens with one attached hydrogen (secondary N) is 1. The fraction of sp³-hybridized carbons (Fsp3) is 0.0667. The Morgan fingerprint density at radius 1 is 1.30 bits per heavy atom. The van der Waals surface area contributed by atoms with E-state index in [0.29, 0.717) is 11.3 Å². The summed E-state index contributed by atoms with van der Waals surface area (Å²) in [6.07, 6.45) is 6.17. The molecular formula is C15H12FN5O2. The Kier molecular flexibility index (Phi) is 3.96. The second-order valence-electron chi connectivity index (χ2n) is 4.74. The van der Waals surface area contributed by atoms with Gasteiger partial charge in [0.2, 0.25) is 5.82 Å². The van der Waals surface area contributed by atoms with Crippen LogP contribution in [0.25, 0.3) is 5.69 Å². The van der Waals surface area contributed by atoms with Gasteiger partial charge in [-0.05, 0) is 23.8 Å². The lowest BCUT2D eigenvalue weighted by Gasteiger charge is -2.08. The van der Waals surface area contributed by atoms with E-state index in [1.165, 1.54) is 30.7 Å². The van der Waals surface area contributed by atoms with Crippen LogP contribution in [0.1, 0.15) is 5.56 Å². The van der Waals surface area contributed by atoms with Crippen LogP contribution in [0.4, 0.5) is 15.9 Å². The molecule has 8 heteroatoms. The second kappa shape index (κ2) is 6.22. The number of halogens is 1. The van der Waals surface area contributed by atoms with Crippen LogP contribution in [-0.4, -0.2) is 19.5 Å². The van der Waals surface area contributed by atoms with Gasteiger partial charge in [0.05, 0.1) is 16.9 Å². The van der Waals surface area contributed by atoms with Crippen LogP contribution in [0.2, 0.25) is 0 Å². The highest BCUT2D eigenvalue weighted by Crippen LogP contribution is 2.21. The Bertz CT molecular complexity index is 836. The first kappa shape index (κ1) is 14.6. The Labute approximate surface area is 130 Å². The zero-order valence-electron chi connectivity index (χ0n) is 11.9. The first-order chi connectivity index (χ1) is 11.1. The van der Waals surface area contributed by atoms with E-state index in [1.807, 2.05) is 0 Å². The number of nitrogens with zero attached hydrogens (tertiary/aromatic N) is 4. The molecule has 0 aliphatic heterocycles. The van der Waals surface area contributed by atoms with Crippen LogP contribution in [-0.2, 0) is 6.54 Å². The summed E-state index contributed by atoms with van der Waals surface area (Å²) in [6, 6.07) is 7.58. The molecule has 0 amide bonds. The van der Waals surface area contributed by atoms with Gasteiger partial charge in [0.1, 0.15) is 5.82 Å². The van der Waals surface area contributed by atoms with E-state index in [0.717, 1.165) is 0 Å². The van der Waals surface area contributed by atoms with Gasteiger partial charge in [0.15, 0.2) is 0 Å². The standard InChI is InChI=1S/C15H12FN5O2/c16-12-8-11(3-4-13(12)20-7-6-17-10-20)9-19-15-14(21(22)23)2-1-5-18-15/h1-8,10H,9H2,(H,18,19). The molecule has 3 rings (SSSR count). The maximum absolute atomic E-state index is 14.1. The second-order valence-corrected chi connectivity index (χ2v) is 4.74. The fourth-order valence-electron chi connectivity index (χ4n) is 2.14.